The molecule has 2 aromatic heterocycles. The van der Waals surface area contributed by atoms with Crippen molar-refractivity contribution in [2.24, 2.45) is 0 Å². The number of aromatic amines is 1. The number of aromatic nitrogens is 3. The Bertz CT molecular complexity index is 1320. The van der Waals surface area contributed by atoms with E-state index in [4.69, 9.17) is 14.7 Å². The van der Waals surface area contributed by atoms with Gasteiger partial charge in [-0.15, -0.1) is 0 Å². The van der Waals surface area contributed by atoms with Crippen LogP contribution in [0, 0.1) is 0 Å². The van der Waals surface area contributed by atoms with E-state index in [2.05, 4.69) is 57.2 Å². The summed E-state index contributed by atoms with van der Waals surface area (Å²) in [6.45, 7) is 5.70. The zero-order valence-electron chi connectivity index (χ0n) is 19.3. The van der Waals surface area contributed by atoms with Gasteiger partial charge in [-0.25, -0.2) is 9.97 Å². The number of aliphatic hydroxyl groups is 1. The molecule has 0 bridgehead atoms. The zero-order chi connectivity index (χ0) is 23.1. The van der Waals surface area contributed by atoms with Crippen molar-refractivity contribution in [2.75, 3.05) is 36.1 Å². The Morgan fingerprint density at radius 3 is 2.97 bits per heavy atom. The highest BCUT2D eigenvalue weighted by Gasteiger charge is 2.35. The summed E-state index contributed by atoms with van der Waals surface area (Å²) in [5.74, 6) is 1.73. The molecule has 0 amide bonds. The quantitative estimate of drug-likeness (QED) is 0.477. The molecule has 1 fully saturated rings. The molecule has 4 aromatic rings. The number of nitrogens with zero attached hydrogens (tertiary/aromatic N) is 4. The zero-order valence-corrected chi connectivity index (χ0v) is 19.3. The molecule has 2 aliphatic heterocycles. The lowest BCUT2D eigenvalue weighted by Crippen LogP contribution is -2.55. The molecule has 2 atom stereocenters. The van der Waals surface area contributed by atoms with Crippen LogP contribution in [0.4, 0.5) is 11.5 Å². The molecule has 2 aromatic carbocycles. The highest BCUT2D eigenvalue weighted by atomic mass is 16.5. The van der Waals surface area contributed by atoms with Crippen molar-refractivity contribution in [3.8, 4) is 11.4 Å². The van der Waals surface area contributed by atoms with Crippen LogP contribution in [0.25, 0.3) is 22.3 Å². The smallest absolute Gasteiger partial charge is 0.162 e. The van der Waals surface area contributed by atoms with Crippen molar-refractivity contribution in [1.82, 2.24) is 15.0 Å². The Hall–Kier alpha value is -3.42. The number of hydrogen-bond donors (Lipinski definition) is 2. The van der Waals surface area contributed by atoms with Crippen molar-refractivity contribution in [1.29, 1.82) is 0 Å². The van der Waals surface area contributed by atoms with Crippen LogP contribution in [0.2, 0.25) is 0 Å². The first-order chi connectivity index (χ1) is 16.7. The van der Waals surface area contributed by atoms with Gasteiger partial charge in [-0.05, 0) is 36.6 Å². The van der Waals surface area contributed by atoms with E-state index in [1.165, 1.54) is 5.56 Å². The fraction of sp³-hybridized carbons (Fsp3) is 0.333. The standard InChI is InChI=1S/C27H29N5O2/c1-18(33)12-19-4-2-5-20(13-19)15-31-16-21-17-34-11-10-32(21)27-25(31)14-29-26(30-27)23-6-3-7-24-22(23)8-9-28-24/h2-9,13-14,18,21,28,33H,10-12,15-17H2,1H3. The molecule has 1 saturated heterocycles. The number of fused-ring (bicyclic) bond motifs is 4. The van der Waals surface area contributed by atoms with Crippen molar-refractivity contribution >= 4 is 22.4 Å². The van der Waals surface area contributed by atoms with Crippen molar-refractivity contribution in [2.45, 2.75) is 32.0 Å². The lowest BCUT2D eigenvalue weighted by molar-refractivity contribution is 0.0936. The summed E-state index contributed by atoms with van der Waals surface area (Å²) in [6.07, 6.45) is 4.24. The van der Waals surface area contributed by atoms with E-state index in [1.807, 2.05) is 25.4 Å². The number of aliphatic hydroxyl groups excluding tert-OH is 1. The van der Waals surface area contributed by atoms with Gasteiger partial charge >= 0.3 is 0 Å². The van der Waals surface area contributed by atoms with Gasteiger partial charge in [0.05, 0.1) is 37.2 Å². The van der Waals surface area contributed by atoms with Gasteiger partial charge in [0.2, 0.25) is 0 Å². The lowest BCUT2D eigenvalue weighted by Gasteiger charge is -2.45. The van der Waals surface area contributed by atoms with E-state index in [9.17, 15) is 5.11 Å². The first-order valence-corrected chi connectivity index (χ1v) is 11.9. The van der Waals surface area contributed by atoms with Crippen molar-refractivity contribution in [3.63, 3.8) is 0 Å². The number of hydrogen-bond acceptors (Lipinski definition) is 6. The van der Waals surface area contributed by atoms with Gasteiger partial charge in [-0.2, -0.15) is 0 Å². The molecular formula is C27H29N5O2. The monoisotopic (exact) mass is 455 g/mol. The number of ether oxygens (including phenoxy) is 1. The maximum Gasteiger partial charge on any atom is 0.162 e. The minimum Gasteiger partial charge on any atom is -0.393 e. The van der Waals surface area contributed by atoms with Crippen LogP contribution in [0.5, 0.6) is 0 Å². The minimum absolute atomic E-state index is 0.257. The second-order valence-electron chi connectivity index (χ2n) is 9.32. The average molecular weight is 456 g/mol. The number of morpholine rings is 1. The second kappa shape index (κ2) is 8.74. The van der Waals surface area contributed by atoms with Gasteiger partial charge < -0.3 is 24.6 Å². The SMILES string of the molecule is CC(O)Cc1cccc(CN2CC3COCCN3c3nc(-c4cccc5[nH]ccc45)ncc32)c1. The Morgan fingerprint density at radius 1 is 1.18 bits per heavy atom. The van der Waals surface area contributed by atoms with E-state index in [0.29, 0.717) is 19.6 Å². The molecule has 0 radical (unpaired) electrons. The van der Waals surface area contributed by atoms with Crippen LogP contribution in [0.1, 0.15) is 18.1 Å². The van der Waals surface area contributed by atoms with Crippen LogP contribution in [-0.4, -0.2) is 58.5 Å². The molecule has 174 valence electrons. The molecule has 34 heavy (non-hydrogen) atoms. The topological polar surface area (TPSA) is 77.5 Å². The van der Waals surface area contributed by atoms with E-state index >= 15 is 0 Å². The van der Waals surface area contributed by atoms with Gasteiger partial charge in [0, 0.05) is 42.3 Å². The maximum absolute atomic E-state index is 9.80. The first-order valence-electron chi connectivity index (χ1n) is 11.9. The largest absolute Gasteiger partial charge is 0.393 e. The summed E-state index contributed by atoms with van der Waals surface area (Å²) in [7, 11) is 0. The molecule has 2 aliphatic rings. The van der Waals surface area contributed by atoms with Gasteiger partial charge in [0.25, 0.3) is 0 Å². The molecule has 0 spiro atoms. The first kappa shape index (κ1) is 21.1. The second-order valence-corrected chi connectivity index (χ2v) is 9.32. The van der Waals surface area contributed by atoms with E-state index in [1.54, 1.807) is 0 Å². The summed E-state index contributed by atoms with van der Waals surface area (Å²) in [4.78, 5) is 18.0. The molecular weight excluding hydrogens is 426 g/mol. The lowest BCUT2D eigenvalue weighted by atomic mass is 10.0. The highest BCUT2D eigenvalue weighted by molar-refractivity contribution is 5.93. The molecule has 7 nitrogen and oxygen atoms in total. The van der Waals surface area contributed by atoms with Crippen LogP contribution in [0.15, 0.2) is 60.9 Å². The Labute approximate surface area is 199 Å². The van der Waals surface area contributed by atoms with Crippen LogP contribution in [0.3, 0.4) is 0 Å². The molecule has 0 saturated carbocycles. The van der Waals surface area contributed by atoms with Gasteiger partial charge in [0.1, 0.15) is 0 Å². The molecule has 2 unspecified atom stereocenters. The molecule has 2 N–H and O–H groups in total. The molecule has 7 heteroatoms. The Balaban J connectivity index is 1.38. The molecule has 4 heterocycles. The van der Waals surface area contributed by atoms with Crippen molar-refractivity contribution < 1.29 is 9.84 Å². The predicted molar refractivity (Wildman–Crippen MR) is 134 cm³/mol. The normalized spacial score (nSPS) is 18.6. The predicted octanol–water partition coefficient (Wildman–Crippen LogP) is 3.77. The van der Waals surface area contributed by atoms with Crippen LogP contribution < -0.4 is 9.80 Å². The summed E-state index contributed by atoms with van der Waals surface area (Å²) in [5.41, 5.74) is 5.55. The maximum atomic E-state index is 9.80. The third-order valence-corrected chi connectivity index (χ3v) is 6.75. The average Bonchev–Trinajstić information content (AvgIpc) is 3.33. The minimum atomic E-state index is -0.352. The number of rotatable bonds is 5. The number of nitrogens with one attached hydrogen (secondary N) is 1. The molecule has 0 aliphatic carbocycles. The summed E-state index contributed by atoms with van der Waals surface area (Å²) in [6, 6.07) is 17.0. The van der Waals surface area contributed by atoms with Crippen molar-refractivity contribution in [3.05, 3.63) is 72.1 Å². The van der Waals surface area contributed by atoms with Crippen LogP contribution >= 0.6 is 0 Å². The highest BCUT2D eigenvalue weighted by Crippen LogP contribution is 2.37. The summed E-state index contributed by atoms with van der Waals surface area (Å²) < 4.78 is 5.83. The van der Waals surface area contributed by atoms with E-state index in [0.717, 1.165) is 59.0 Å². The van der Waals surface area contributed by atoms with Gasteiger partial charge in [-0.1, -0.05) is 36.4 Å². The third kappa shape index (κ3) is 3.91. The molecule has 6 rings (SSSR count). The van der Waals surface area contributed by atoms with E-state index in [-0.39, 0.29) is 12.1 Å². The van der Waals surface area contributed by atoms with Gasteiger partial charge in [0.15, 0.2) is 11.6 Å². The number of anilines is 2. The van der Waals surface area contributed by atoms with E-state index < -0.39 is 0 Å². The van der Waals surface area contributed by atoms with Crippen LogP contribution in [-0.2, 0) is 17.7 Å². The Morgan fingerprint density at radius 2 is 2.06 bits per heavy atom. The fourth-order valence-electron chi connectivity index (χ4n) is 5.21. The number of benzene rings is 2. The fourth-order valence-corrected chi connectivity index (χ4v) is 5.21. The summed E-state index contributed by atoms with van der Waals surface area (Å²) in [5, 5.41) is 10.9. The summed E-state index contributed by atoms with van der Waals surface area (Å²) >= 11 is 0. The number of H-pyrrole nitrogens is 1. The van der Waals surface area contributed by atoms with Gasteiger partial charge in [-0.3, -0.25) is 0 Å². The third-order valence-electron chi connectivity index (χ3n) is 6.75. The Kier molecular flexibility index (Phi) is 5.43.